The zero-order valence-corrected chi connectivity index (χ0v) is 11.8. The van der Waals surface area contributed by atoms with Crippen LogP contribution in [-0.2, 0) is 7.05 Å². The first kappa shape index (κ1) is 12.2. The Morgan fingerprint density at radius 3 is 3.05 bits per heavy atom. The molecule has 0 spiro atoms. The smallest absolute Gasteiger partial charge is 0.231 e. The third kappa shape index (κ3) is 2.54. The summed E-state index contributed by atoms with van der Waals surface area (Å²) in [6.45, 7) is 0.976. The minimum absolute atomic E-state index is 0.566. The van der Waals surface area contributed by atoms with Crippen molar-refractivity contribution >= 4 is 28.5 Å². The Hall–Kier alpha value is -2.57. The predicted molar refractivity (Wildman–Crippen MR) is 81.6 cm³/mol. The van der Waals surface area contributed by atoms with Crippen LogP contribution in [0, 0.1) is 5.92 Å². The summed E-state index contributed by atoms with van der Waals surface area (Å²) in [6, 6.07) is 2.00. The molecule has 3 aromatic rings. The van der Waals surface area contributed by atoms with Crippen molar-refractivity contribution in [2.75, 3.05) is 17.2 Å². The molecule has 0 saturated heterocycles. The summed E-state index contributed by atoms with van der Waals surface area (Å²) in [7, 11) is 1.88. The molecule has 21 heavy (non-hydrogen) atoms. The summed E-state index contributed by atoms with van der Waals surface area (Å²) >= 11 is 0. The number of rotatable bonds is 5. The van der Waals surface area contributed by atoms with Crippen LogP contribution in [-0.4, -0.2) is 31.3 Å². The van der Waals surface area contributed by atoms with Crippen molar-refractivity contribution in [3.63, 3.8) is 0 Å². The number of fused-ring (bicyclic) bond motifs is 1. The monoisotopic (exact) mass is 283 g/mol. The normalized spacial score (nSPS) is 14.5. The minimum Gasteiger partial charge on any atom is -0.369 e. The van der Waals surface area contributed by atoms with Gasteiger partial charge in [0.05, 0.1) is 17.3 Å². The zero-order valence-electron chi connectivity index (χ0n) is 11.8. The first-order chi connectivity index (χ1) is 10.3. The highest BCUT2D eigenvalue weighted by Crippen LogP contribution is 2.30. The van der Waals surface area contributed by atoms with Gasteiger partial charge in [0.1, 0.15) is 11.5 Å². The Morgan fingerprint density at radius 2 is 2.29 bits per heavy atom. The topological polar surface area (TPSA) is 83.5 Å². The molecule has 7 heteroatoms. The molecule has 7 nitrogen and oxygen atoms in total. The number of H-pyrrole nitrogens is 1. The van der Waals surface area contributed by atoms with Crippen molar-refractivity contribution < 1.29 is 0 Å². The van der Waals surface area contributed by atoms with Gasteiger partial charge in [-0.15, -0.1) is 0 Å². The van der Waals surface area contributed by atoms with Crippen LogP contribution in [0.2, 0.25) is 0 Å². The molecule has 0 aliphatic heterocycles. The number of aryl methyl sites for hydroxylation is 1. The number of aromatic amines is 1. The standard InChI is InChI=1S/C14H17N7/c1-21-8-10(7-17-21)18-14-19-12-11(4-5-15-12)13(20-14)16-6-9-2-3-9/h4-5,7-9H,2-3,6H2,1H3,(H3,15,16,18,19,20). The molecule has 0 unspecified atom stereocenters. The Labute approximate surface area is 121 Å². The second-order valence-corrected chi connectivity index (χ2v) is 5.49. The second kappa shape index (κ2) is 4.76. The lowest BCUT2D eigenvalue weighted by molar-refractivity contribution is 0.768. The third-order valence-corrected chi connectivity index (χ3v) is 3.63. The van der Waals surface area contributed by atoms with Crippen molar-refractivity contribution in [2.45, 2.75) is 12.8 Å². The van der Waals surface area contributed by atoms with E-state index in [0.717, 1.165) is 35.0 Å². The fourth-order valence-corrected chi connectivity index (χ4v) is 2.31. The van der Waals surface area contributed by atoms with E-state index in [1.807, 2.05) is 25.5 Å². The largest absolute Gasteiger partial charge is 0.369 e. The first-order valence-electron chi connectivity index (χ1n) is 7.12. The van der Waals surface area contributed by atoms with Gasteiger partial charge in [0.15, 0.2) is 0 Å². The van der Waals surface area contributed by atoms with Crippen molar-refractivity contribution in [1.82, 2.24) is 24.7 Å². The molecule has 1 fully saturated rings. The van der Waals surface area contributed by atoms with Gasteiger partial charge in [0, 0.05) is 26.0 Å². The second-order valence-electron chi connectivity index (χ2n) is 5.49. The Kier molecular flexibility index (Phi) is 2.77. The quantitative estimate of drug-likeness (QED) is 0.669. The molecule has 0 atom stereocenters. The van der Waals surface area contributed by atoms with E-state index in [4.69, 9.17) is 0 Å². The molecule has 3 N–H and O–H groups in total. The molecular formula is C14H17N7. The van der Waals surface area contributed by atoms with E-state index in [9.17, 15) is 0 Å². The molecule has 1 saturated carbocycles. The fraction of sp³-hybridized carbons (Fsp3) is 0.357. The summed E-state index contributed by atoms with van der Waals surface area (Å²) in [5.41, 5.74) is 1.70. The summed E-state index contributed by atoms with van der Waals surface area (Å²) in [5.74, 6) is 2.24. The third-order valence-electron chi connectivity index (χ3n) is 3.63. The summed E-state index contributed by atoms with van der Waals surface area (Å²) < 4.78 is 1.74. The van der Waals surface area contributed by atoms with E-state index in [1.165, 1.54) is 12.8 Å². The molecule has 0 bridgehead atoms. The van der Waals surface area contributed by atoms with Gasteiger partial charge in [-0.3, -0.25) is 4.68 Å². The van der Waals surface area contributed by atoms with Crippen molar-refractivity contribution in [3.8, 4) is 0 Å². The summed E-state index contributed by atoms with van der Waals surface area (Å²) in [4.78, 5) is 12.2. The van der Waals surface area contributed by atoms with E-state index in [0.29, 0.717) is 5.95 Å². The highest BCUT2D eigenvalue weighted by Gasteiger charge is 2.21. The van der Waals surface area contributed by atoms with Gasteiger partial charge in [-0.1, -0.05) is 0 Å². The van der Waals surface area contributed by atoms with E-state index in [2.05, 4.69) is 30.7 Å². The number of aromatic nitrogens is 5. The van der Waals surface area contributed by atoms with Gasteiger partial charge in [-0.2, -0.15) is 15.1 Å². The lowest BCUT2D eigenvalue weighted by atomic mass is 10.3. The van der Waals surface area contributed by atoms with Crippen LogP contribution in [0.4, 0.5) is 17.5 Å². The molecule has 1 aliphatic carbocycles. The Balaban J connectivity index is 1.64. The maximum absolute atomic E-state index is 4.59. The maximum Gasteiger partial charge on any atom is 0.231 e. The van der Waals surface area contributed by atoms with Gasteiger partial charge in [-0.05, 0) is 24.8 Å². The van der Waals surface area contributed by atoms with Crippen LogP contribution in [0.3, 0.4) is 0 Å². The Morgan fingerprint density at radius 1 is 1.38 bits per heavy atom. The van der Waals surface area contributed by atoms with Gasteiger partial charge < -0.3 is 15.6 Å². The molecule has 4 rings (SSSR count). The van der Waals surface area contributed by atoms with E-state index < -0.39 is 0 Å². The first-order valence-corrected chi connectivity index (χ1v) is 7.12. The number of hydrogen-bond acceptors (Lipinski definition) is 5. The molecule has 0 aromatic carbocycles. The van der Waals surface area contributed by atoms with E-state index in [1.54, 1.807) is 10.9 Å². The molecule has 1 aliphatic rings. The number of anilines is 3. The van der Waals surface area contributed by atoms with Crippen LogP contribution in [0.25, 0.3) is 11.0 Å². The average Bonchev–Trinajstić information content (AvgIpc) is 3.02. The van der Waals surface area contributed by atoms with Crippen molar-refractivity contribution in [3.05, 3.63) is 24.7 Å². The highest BCUT2D eigenvalue weighted by molar-refractivity contribution is 5.88. The van der Waals surface area contributed by atoms with Crippen LogP contribution in [0.5, 0.6) is 0 Å². The molecule has 0 amide bonds. The van der Waals surface area contributed by atoms with Crippen LogP contribution in [0.15, 0.2) is 24.7 Å². The van der Waals surface area contributed by atoms with Gasteiger partial charge in [0.2, 0.25) is 5.95 Å². The SMILES string of the molecule is Cn1cc(Nc2nc(NCC3CC3)c3cc[nH]c3n2)cn1. The van der Waals surface area contributed by atoms with Crippen molar-refractivity contribution in [2.24, 2.45) is 13.0 Å². The summed E-state index contributed by atoms with van der Waals surface area (Å²) in [6.07, 6.45) is 8.15. The summed E-state index contributed by atoms with van der Waals surface area (Å²) in [5, 5.41) is 11.8. The fourth-order valence-electron chi connectivity index (χ4n) is 2.31. The molecule has 3 aromatic heterocycles. The van der Waals surface area contributed by atoms with Gasteiger partial charge in [0.25, 0.3) is 0 Å². The lowest BCUT2D eigenvalue weighted by Gasteiger charge is -2.08. The van der Waals surface area contributed by atoms with E-state index >= 15 is 0 Å². The minimum atomic E-state index is 0.566. The average molecular weight is 283 g/mol. The molecule has 108 valence electrons. The van der Waals surface area contributed by atoms with Crippen molar-refractivity contribution in [1.29, 1.82) is 0 Å². The number of hydrogen-bond donors (Lipinski definition) is 3. The van der Waals surface area contributed by atoms with E-state index in [-0.39, 0.29) is 0 Å². The molecular weight excluding hydrogens is 266 g/mol. The van der Waals surface area contributed by atoms with Crippen LogP contribution in [0.1, 0.15) is 12.8 Å². The maximum atomic E-state index is 4.59. The number of nitrogens with zero attached hydrogens (tertiary/aromatic N) is 4. The van der Waals surface area contributed by atoms with Crippen LogP contribution >= 0.6 is 0 Å². The highest BCUT2D eigenvalue weighted by atomic mass is 15.3. The number of nitrogens with one attached hydrogen (secondary N) is 3. The zero-order chi connectivity index (χ0) is 14.2. The molecule has 3 heterocycles. The lowest BCUT2D eigenvalue weighted by Crippen LogP contribution is -2.07. The predicted octanol–water partition coefficient (Wildman–Crippen LogP) is 2.26. The Bertz CT molecular complexity index is 769. The van der Waals surface area contributed by atoms with Gasteiger partial charge >= 0.3 is 0 Å². The molecule has 0 radical (unpaired) electrons. The van der Waals surface area contributed by atoms with Crippen LogP contribution < -0.4 is 10.6 Å². The van der Waals surface area contributed by atoms with Gasteiger partial charge in [-0.25, -0.2) is 0 Å².